The summed E-state index contributed by atoms with van der Waals surface area (Å²) in [5.41, 5.74) is 3.26. The van der Waals surface area contributed by atoms with Crippen molar-refractivity contribution in [2.45, 2.75) is 24.2 Å². The second kappa shape index (κ2) is 6.84. The third-order valence-electron chi connectivity index (χ3n) is 4.66. The number of benzene rings is 2. The molecule has 0 spiro atoms. The minimum atomic E-state index is -3.79. The molecule has 7 nitrogen and oxygen atoms in total. The number of hydrogen-bond donors (Lipinski definition) is 2. The number of carbonyl (C=O) groups excluding carboxylic acids is 1. The van der Waals surface area contributed by atoms with Crippen LogP contribution in [0.5, 0.6) is 0 Å². The second-order valence-electron chi connectivity index (χ2n) is 6.54. The summed E-state index contributed by atoms with van der Waals surface area (Å²) in [4.78, 5) is 12.7. The third kappa shape index (κ3) is 3.41. The van der Waals surface area contributed by atoms with Crippen molar-refractivity contribution in [3.05, 3.63) is 71.3 Å². The maximum atomic E-state index is 13.2. The third-order valence-corrected chi connectivity index (χ3v) is 5.59. The smallest absolute Gasteiger partial charge is 0.276 e. The molecule has 1 aromatic heterocycles. The average Bonchev–Trinajstić information content (AvgIpc) is 3.25. The Morgan fingerprint density at radius 2 is 1.75 bits per heavy atom. The summed E-state index contributed by atoms with van der Waals surface area (Å²) in [7, 11) is -3.79. The molecule has 3 aromatic rings. The van der Waals surface area contributed by atoms with E-state index in [9.17, 15) is 17.6 Å². The highest BCUT2D eigenvalue weighted by Gasteiger charge is 2.27. The van der Waals surface area contributed by atoms with E-state index in [2.05, 4.69) is 10.4 Å². The molecule has 4 rings (SSSR count). The van der Waals surface area contributed by atoms with Gasteiger partial charge in [-0.05, 0) is 67.8 Å². The van der Waals surface area contributed by atoms with Gasteiger partial charge in [0.05, 0.1) is 10.6 Å². The number of nitrogens with two attached hydrogens (primary N) is 1. The molecule has 0 aliphatic heterocycles. The Morgan fingerprint density at radius 1 is 1.07 bits per heavy atom. The van der Waals surface area contributed by atoms with Gasteiger partial charge in [0.25, 0.3) is 5.91 Å². The predicted octanol–water partition coefficient (Wildman–Crippen LogP) is 2.40. The van der Waals surface area contributed by atoms with Crippen LogP contribution in [0.1, 0.15) is 28.2 Å². The Morgan fingerprint density at radius 3 is 2.39 bits per heavy atom. The summed E-state index contributed by atoms with van der Waals surface area (Å²) < 4.78 is 37.6. The van der Waals surface area contributed by atoms with Crippen LogP contribution in [0.25, 0.3) is 5.69 Å². The maximum absolute atomic E-state index is 13.2. The van der Waals surface area contributed by atoms with Crippen molar-refractivity contribution >= 4 is 21.6 Å². The number of sulfonamides is 1. The highest BCUT2D eigenvalue weighted by molar-refractivity contribution is 7.89. The Bertz CT molecular complexity index is 1150. The molecule has 3 N–H and O–H groups in total. The van der Waals surface area contributed by atoms with Crippen LogP contribution in [0.15, 0.2) is 53.4 Å². The Labute approximate surface area is 161 Å². The zero-order valence-corrected chi connectivity index (χ0v) is 15.5. The molecule has 0 unspecified atom stereocenters. The van der Waals surface area contributed by atoms with Gasteiger partial charge in [-0.1, -0.05) is 0 Å². The topological polar surface area (TPSA) is 107 Å². The van der Waals surface area contributed by atoms with E-state index in [0.717, 1.165) is 30.5 Å². The lowest BCUT2D eigenvalue weighted by Gasteiger charge is -2.06. The molecular formula is C19H17FN4O3S. The van der Waals surface area contributed by atoms with E-state index in [1.165, 1.54) is 36.4 Å². The lowest BCUT2D eigenvalue weighted by Crippen LogP contribution is -2.15. The van der Waals surface area contributed by atoms with Crippen LogP contribution in [0.4, 0.5) is 10.1 Å². The summed E-state index contributed by atoms with van der Waals surface area (Å²) >= 11 is 0. The van der Waals surface area contributed by atoms with E-state index in [1.807, 2.05) is 0 Å². The summed E-state index contributed by atoms with van der Waals surface area (Å²) in [6, 6.07) is 11.5. The second-order valence-corrected chi connectivity index (χ2v) is 8.10. The van der Waals surface area contributed by atoms with Crippen LogP contribution in [-0.4, -0.2) is 24.1 Å². The minimum Gasteiger partial charge on any atom is -0.321 e. The summed E-state index contributed by atoms with van der Waals surface area (Å²) in [5.74, 6) is -0.726. The van der Waals surface area contributed by atoms with E-state index in [0.29, 0.717) is 17.1 Å². The van der Waals surface area contributed by atoms with E-state index < -0.39 is 10.0 Å². The Hall–Kier alpha value is -3.04. The van der Waals surface area contributed by atoms with Crippen molar-refractivity contribution in [3.63, 3.8) is 0 Å². The summed E-state index contributed by atoms with van der Waals surface area (Å²) in [6.07, 6.45) is 2.44. The number of carbonyl (C=O) groups is 1. The van der Waals surface area contributed by atoms with Gasteiger partial charge in [0.1, 0.15) is 5.82 Å². The SMILES string of the molecule is NS(=O)(=O)c1ccc(NC(=O)c2nn(-c3ccc(F)cc3)c3c2CCC3)cc1. The molecule has 1 amide bonds. The van der Waals surface area contributed by atoms with E-state index >= 15 is 0 Å². The maximum Gasteiger partial charge on any atom is 0.276 e. The fourth-order valence-corrected chi connectivity index (χ4v) is 3.85. The Balaban J connectivity index is 1.63. The number of nitrogens with zero attached hydrogens (tertiary/aromatic N) is 2. The first-order chi connectivity index (χ1) is 13.3. The van der Waals surface area contributed by atoms with Gasteiger partial charge < -0.3 is 5.32 Å². The van der Waals surface area contributed by atoms with Crippen molar-refractivity contribution in [2.75, 3.05) is 5.32 Å². The van der Waals surface area contributed by atoms with Gasteiger partial charge in [0, 0.05) is 16.9 Å². The highest BCUT2D eigenvalue weighted by Crippen LogP contribution is 2.28. The van der Waals surface area contributed by atoms with Crippen LogP contribution in [-0.2, 0) is 22.9 Å². The fraction of sp³-hybridized carbons (Fsp3) is 0.158. The first-order valence-corrected chi connectivity index (χ1v) is 10.2. The number of amides is 1. The minimum absolute atomic E-state index is 0.0352. The van der Waals surface area contributed by atoms with Crippen LogP contribution >= 0.6 is 0 Å². The predicted molar refractivity (Wildman–Crippen MR) is 101 cm³/mol. The fourth-order valence-electron chi connectivity index (χ4n) is 3.33. The Kier molecular flexibility index (Phi) is 4.48. The van der Waals surface area contributed by atoms with E-state index in [4.69, 9.17) is 5.14 Å². The molecule has 1 aliphatic rings. The largest absolute Gasteiger partial charge is 0.321 e. The molecule has 144 valence electrons. The lowest BCUT2D eigenvalue weighted by molar-refractivity contribution is 0.102. The lowest BCUT2D eigenvalue weighted by atomic mass is 10.2. The van der Waals surface area contributed by atoms with Crippen LogP contribution < -0.4 is 10.5 Å². The quantitative estimate of drug-likeness (QED) is 0.701. The molecule has 0 saturated heterocycles. The van der Waals surface area contributed by atoms with Crippen molar-refractivity contribution in [1.29, 1.82) is 0 Å². The molecule has 2 aromatic carbocycles. The molecule has 0 radical (unpaired) electrons. The monoisotopic (exact) mass is 400 g/mol. The first kappa shape index (κ1) is 18.3. The number of rotatable bonds is 4. The van der Waals surface area contributed by atoms with Crippen LogP contribution in [0.3, 0.4) is 0 Å². The van der Waals surface area contributed by atoms with Crippen molar-refractivity contribution in [2.24, 2.45) is 5.14 Å². The van der Waals surface area contributed by atoms with Crippen molar-refractivity contribution < 1.29 is 17.6 Å². The molecule has 0 saturated carbocycles. The standard InChI is InChI=1S/C19H17FN4O3S/c20-12-4-8-14(9-5-12)24-17-3-1-2-16(17)18(23-24)19(25)22-13-6-10-15(11-7-13)28(21,26)27/h4-11H,1-3H2,(H,22,25)(H2,21,26,27). The number of fused-ring (bicyclic) bond motifs is 1. The number of halogens is 1. The van der Waals surface area contributed by atoms with Crippen molar-refractivity contribution in [1.82, 2.24) is 9.78 Å². The summed E-state index contributed by atoms with van der Waals surface area (Å²) in [5, 5.41) is 12.3. The first-order valence-electron chi connectivity index (χ1n) is 8.64. The molecule has 1 heterocycles. The summed E-state index contributed by atoms with van der Waals surface area (Å²) in [6.45, 7) is 0. The van der Waals surface area contributed by atoms with Gasteiger partial charge >= 0.3 is 0 Å². The molecule has 1 aliphatic carbocycles. The number of nitrogens with one attached hydrogen (secondary N) is 1. The highest BCUT2D eigenvalue weighted by atomic mass is 32.2. The van der Waals surface area contributed by atoms with Crippen LogP contribution in [0.2, 0.25) is 0 Å². The van der Waals surface area contributed by atoms with Crippen LogP contribution in [0, 0.1) is 5.82 Å². The van der Waals surface area contributed by atoms with E-state index in [1.54, 1.807) is 16.8 Å². The van der Waals surface area contributed by atoms with Gasteiger partial charge in [0.2, 0.25) is 10.0 Å². The van der Waals surface area contributed by atoms with Gasteiger partial charge in [-0.2, -0.15) is 5.10 Å². The molecule has 0 fully saturated rings. The van der Waals surface area contributed by atoms with Gasteiger partial charge in [-0.15, -0.1) is 0 Å². The van der Waals surface area contributed by atoms with Gasteiger partial charge in [0.15, 0.2) is 5.69 Å². The number of anilines is 1. The zero-order valence-electron chi connectivity index (χ0n) is 14.7. The average molecular weight is 400 g/mol. The number of hydrogen-bond acceptors (Lipinski definition) is 4. The van der Waals surface area contributed by atoms with E-state index in [-0.39, 0.29) is 16.6 Å². The molecule has 28 heavy (non-hydrogen) atoms. The molecule has 0 atom stereocenters. The zero-order chi connectivity index (χ0) is 19.9. The van der Waals surface area contributed by atoms with Gasteiger partial charge in [-0.3, -0.25) is 4.79 Å². The van der Waals surface area contributed by atoms with Gasteiger partial charge in [-0.25, -0.2) is 22.6 Å². The normalized spacial score (nSPS) is 13.4. The molecule has 0 bridgehead atoms. The number of aromatic nitrogens is 2. The number of primary sulfonamides is 1. The molecular weight excluding hydrogens is 383 g/mol. The molecule has 9 heteroatoms. The van der Waals surface area contributed by atoms with Crippen molar-refractivity contribution in [3.8, 4) is 5.69 Å².